The van der Waals surface area contributed by atoms with Crippen LogP contribution in [0.3, 0.4) is 0 Å². The minimum absolute atomic E-state index is 0.0273. The van der Waals surface area contributed by atoms with Crippen molar-refractivity contribution in [3.05, 3.63) is 108 Å². The molecule has 3 aromatic rings. The standard InChI is InChI=1S/C47H65Cl3O15/c48-47(49,50)44(51)40-45(52)64-38-36-62-34-32-60-30-28-58-26-24-56-22-20-54-18-16-53-17-19-55-21-23-57-25-27-59-29-31-61-33-35-63-37-39-65-46(41-10-4-1-5-11-41,42-12-6-2-7-13-42)43-14-8-3-9-15-43/h1-15H,16-40H2. The molecule has 3 aromatic carbocycles. The van der Waals surface area contributed by atoms with Crippen LogP contribution in [0.15, 0.2) is 91.0 Å². The van der Waals surface area contributed by atoms with Crippen molar-refractivity contribution >= 4 is 46.6 Å². The second-order valence-corrected chi connectivity index (χ2v) is 16.0. The lowest BCUT2D eigenvalue weighted by molar-refractivity contribution is -0.147. The molecule has 0 spiro atoms. The van der Waals surface area contributed by atoms with Crippen molar-refractivity contribution in [2.45, 2.75) is 15.8 Å². The molecule has 0 aliphatic heterocycles. The van der Waals surface area contributed by atoms with Gasteiger partial charge in [-0.3, -0.25) is 9.59 Å². The number of carbonyl (C=O) groups is 2. The molecule has 0 N–H and O–H groups in total. The maximum absolute atomic E-state index is 11.5. The molecule has 0 atom stereocenters. The van der Waals surface area contributed by atoms with Crippen LogP contribution in [0.2, 0.25) is 0 Å². The third-order valence-corrected chi connectivity index (χ3v) is 9.55. The number of Topliss-reactive ketones (excluding diaryl/α,β-unsaturated/α-hetero) is 1. The fourth-order valence-corrected chi connectivity index (χ4v) is 6.02. The molecule has 0 radical (unpaired) electrons. The maximum Gasteiger partial charge on any atom is 0.313 e. The van der Waals surface area contributed by atoms with Crippen LogP contribution in [-0.4, -0.2) is 174 Å². The molecule has 18 heteroatoms. The van der Waals surface area contributed by atoms with E-state index in [2.05, 4.69) is 36.4 Å². The number of benzene rings is 3. The predicted molar refractivity (Wildman–Crippen MR) is 245 cm³/mol. The summed E-state index contributed by atoms with van der Waals surface area (Å²) in [7, 11) is 0. The lowest BCUT2D eigenvalue weighted by Crippen LogP contribution is -2.34. The molecule has 0 bridgehead atoms. The van der Waals surface area contributed by atoms with Crippen LogP contribution in [0.4, 0.5) is 0 Å². The zero-order valence-electron chi connectivity index (χ0n) is 37.1. The van der Waals surface area contributed by atoms with Gasteiger partial charge in [0.1, 0.15) is 18.6 Å². The lowest BCUT2D eigenvalue weighted by atomic mass is 9.80. The van der Waals surface area contributed by atoms with Crippen molar-refractivity contribution in [1.29, 1.82) is 0 Å². The zero-order chi connectivity index (χ0) is 46.4. The van der Waals surface area contributed by atoms with E-state index in [1.54, 1.807) is 0 Å². The predicted octanol–water partition coefficient (Wildman–Crippen LogP) is 6.05. The van der Waals surface area contributed by atoms with Gasteiger partial charge >= 0.3 is 5.97 Å². The Morgan fingerprint density at radius 2 is 0.569 bits per heavy atom. The SMILES string of the molecule is O=C(CC(=O)C(Cl)(Cl)Cl)OCCOCCOCCOCCOCCOCCOCCOCCOCCOCCOCCOCCOC(c1ccccc1)(c1ccccc1)c1ccccc1. The molecule has 0 unspecified atom stereocenters. The highest BCUT2D eigenvalue weighted by Gasteiger charge is 2.37. The molecule has 0 aliphatic rings. The molecular formula is C47H65Cl3O15. The topological polar surface area (TPSA) is 154 Å². The van der Waals surface area contributed by atoms with Crippen LogP contribution in [0, 0.1) is 0 Å². The van der Waals surface area contributed by atoms with Crippen LogP contribution >= 0.6 is 34.8 Å². The minimum Gasteiger partial charge on any atom is -0.463 e. The Kier molecular flexibility index (Phi) is 32.3. The van der Waals surface area contributed by atoms with Crippen LogP contribution in [0.25, 0.3) is 0 Å². The molecule has 3 rings (SSSR count). The first kappa shape index (κ1) is 56.5. The van der Waals surface area contributed by atoms with Gasteiger partial charge in [-0.2, -0.15) is 0 Å². The van der Waals surface area contributed by atoms with Gasteiger partial charge in [-0.15, -0.1) is 0 Å². The van der Waals surface area contributed by atoms with Crippen LogP contribution < -0.4 is 0 Å². The first-order valence-electron chi connectivity index (χ1n) is 21.8. The molecule has 0 saturated carbocycles. The van der Waals surface area contributed by atoms with Crippen molar-refractivity contribution < 1.29 is 71.2 Å². The molecular weight excluding hydrogens is 911 g/mol. The summed E-state index contributed by atoms with van der Waals surface area (Å²) in [4.78, 5) is 22.9. The maximum atomic E-state index is 11.5. The van der Waals surface area contributed by atoms with E-state index in [1.807, 2.05) is 54.6 Å². The van der Waals surface area contributed by atoms with Crippen molar-refractivity contribution in [3.63, 3.8) is 0 Å². The number of alkyl halides is 3. The molecule has 0 heterocycles. The second kappa shape index (κ2) is 37.2. The van der Waals surface area contributed by atoms with Crippen molar-refractivity contribution in [2.24, 2.45) is 0 Å². The summed E-state index contributed by atoms with van der Waals surface area (Å²) in [5, 5.41) is 0. The van der Waals surface area contributed by atoms with Gasteiger partial charge in [0.15, 0.2) is 5.78 Å². The number of halogens is 3. The molecule has 65 heavy (non-hydrogen) atoms. The Morgan fingerprint density at radius 1 is 0.338 bits per heavy atom. The number of esters is 1. The Labute approximate surface area is 398 Å². The van der Waals surface area contributed by atoms with Gasteiger partial charge in [-0.05, 0) is 16.7 Å². The summed E-state index contributed by atoms with van der Waals surface area (Å²) in [5.74, 6) is -1.64. The van der Waals surface area contributed by atoms with Gasteiger partial charge < -0.3 is 61.6 Å². The van der Waals surface area contributed by atoms with Crippen LogP contribution in [0.1, 0.15) is 23.1 Å². The fourth-order valence-electron chi connectivity index (χ4n) is 5.82. The van der Waals surface area contributed by atoms with E-state index in [-0.39, 0.29) is 13.2 Å². The summed E-state index contributed by atoms with van der Waals surface area (Å²) < 4.78 is 70.2. The third-order valence-electron chi connectivity index (χ3n) is 8.92. The summed E-state index contributed by atoms with van der Waals surface area (Å²) in [6.45, 7) is 9.82. The average Bonchev–Trinajstić information content (AvgIpc) is 3.32. The largest absolute Gasteiger partial charge is 0.463 e. The Bertz CT molecular complexity index is 1490. The smallest absolute Gasteiger partial charge is 0.313 e. The van der Waals surface area contributed by atoms with Crippen molar-refractivity contribution in [2.75, 3.05) is 159 Å². The summed E-state index contributed by atoms with van der Waals surface area (Å²) in [6.07, 6.45) is -0.621. The van der Waals surface area contributed by atoms with Crippen LogP contribution in [-0.2, 0) is 76.8 Å². The number of carbonyl (C=O) groups excluding carboxylic acids is 2. The summed E-state index contributed by atoms with van der Waals surface area (Å²) >= 11 is 16.2. The van der Waals surface area contributed by atoms with Gasteiger partial charge in [-0.1, -0.05) is 126 Å². The molecule has 0 amide bonds. The molecule has 0 saturated heterocycles. The Balaban J connectivity index is 0.994. The normalized spacial score (nSPS) is 11.9. The molecule has 0 aromatic heterocycles. The lowest BCUT2D eigenvalue weighted by Gasteiger charge is -2.36. The minimum atomic E-state index is -2.14. The molecule has 364 valence electrons. The first-order chi connectivity index (χ1) is 31.8. The Hall–Kier alpha value is -2.81. The van der Waals surface area contributed by atoms with E-state index in [0.717, 1.165) is 16.7 Å². The van der Waals surface area contributed by atoms with Gasteiger partial charge in [-0.25, -0.2) is 0 Å². The van der Waals surface area contributed by atoms with Crippen molar-refractivity contribution in [3.8, 4) is 0 Å². The van der Waals surface area contributed by atoms with E-state index in [4.69, 9.17) is 96.4 Å². The summed E-state index contributed by atoms with van der Waals surface area (Å²) in [6, 6.07) is 30.9. The Morgan fingerprint density at radius 3 is 0.815 bits per heavy atom. The van der Waals surface area contributed by atoms with Crippen LogP contribution in [0.5, 0.6) is 0 Å². The molecule has 15 nitrogen and oxygen atoms in total. The van der Waals surface area contributed by atoms with Gasteiger partial charge in [0.2, 0.25) is 3.79 Å². The third kappa shape index (κ3) is 26.4. The van der Waals surface area contributed by atoms with Gasteiger partial charge in [0, 0.05) is 0 Å². The van der Waals surface area contributed by atoms with E-state index >= 15 is 0 Å². The van der Waals surface area contributed by atoms with Gasteiger partial charge in [0.05, 0.1) is 152 Å². The highest BCUT2D eigenvalue weighted by molar-refractivity contribution is 6.76. The first-order valence-corrected chi connectivity index (χ1v) is 22.9. The van der Waals surface area contributed by atoms with Gasteiger partial charge in [0.25, 0.3) is 0 Å². The number of ketones is 1. The molecule has 0 aliphatic carbocycles. The quantitative estimate of drug-likeness (QED) is 0.0213. The number of ether oxygens (including phenoxy) is 13. The van der Waals surface area contributed by atoms with E-state index in [0.29, 0.717) is 145 Å². The van der Waals surface area contributed by atoms with E-state index in [9.17, 15) is 9.59 Å². The monoisotopic (exact) mass is 974 g/mol. The van der Waals surface area contributed by atoms with E-state index in [1.165, 1.54) is 0 Å². The second-order valence-electron chi connectivity index (χ2n) is 13.7. The highest BCUT2D eigenvalue weighted by Crippen LogP contribution is 2.40. The fraction of sp³-hybridized carbons (Fsp3) is 0.574. The number of rotatable bonds is 42. The average molecular weight is 976 g/mol. The number of hydrogen-bond acceptors (Lipinski definition) is 15. The van der Waals surface area contributed by atoms with Crippen molar-refractivity contribution in [1.82, 2.24) is 0 Å². The van der Waals surface area contributed by atoms with E-state index < -0.39 is 27.6 Å². The number of hydrogen-bond donors (Lipinski definition) is 0. The zero-order valence-corrected chi connectivity index (χ0v) is 39.4. The highest BCUT2D eigenvalue weighted by atomic mass is 35.6. The molecule has 0 fully saturated rings. The summed E-state index contributed by atoms with van der Waals surface area (Å²) in [5.41, 5.74) is 2.41.